The standard InChI is InChI=1S/C14H18F3N3O/c1-20(9-2-3-9)6-7-21-10-4-5-12(14(15,16)17)11(8-10)13(18)19/h4-5,8-9H,2-3,6-7H2,1H3,(H3,18,19). The highest BCUT2D eigenvalue weighted by Gasteiger charge is 2.34. The molecule has 1 aliphatic rings. The third-order valence-electron chi connectivity index (χ3n) is 3.47. The van der Waals surface area contributed by atoms with E-state index in [4.69, 9.17) is 15.9 Å². The molecule has 0 unspecified atom stereocenters. The number of halogens is 3. The van der Waals surface area contributed by atoms with Crippen molar-refractivity contribution >= 4 is 5.84 Å². The van der Waals surface area contributed by atoms with Gasteiger partial charge in [0.05, 0.1) is 5.56 Å². The maximum absolute atomic E-state index is 12.8. The van der Waals surface area contributed by atoms with Crippen molar-refractivity contribution in [3.63, 3.8) is 0 Å². The third-order valence-corrected chi connectivity index (χ3v) is 3.47. The lowest BCUT2D eigenvalue weighted by atomic mass is 10.1. The molecule has 21 heavy (non-hydrogen) atoms. The number of likely N-dealkylation sites (N-methyl/N-ethyl adjacent to an activating group) is 1. The van der Waals surface area contributed by atoms with Crippen LogP contribution in [0, 0.1) is 5.41 Å². The van der Waals surface area contributed by atoms with Crippen molar-refractivity contribution in [1.29, 1.82) is 5.41 Å². The molecule has 0 aromatic heterocycles. The van der Waals surface area contributed by atoms with Crippen molar-refractivity contribution in [2.24, 2.45) is 5.73 Å². The first kappa shape index (κ1) is 15.6. The molecule has 3 N–H and O–H groups in total. The number of nitrogens with zero attached hydrogens (tertiary/aromatic N) is 1. The number of nitrogen functional groups attached to an aromatic ring is 1. The highest BCUT2D eigenvalue weighted by Crippen LogP contribution is 2.33. The summed E-state index contributed by atoms with van der Waals surface area (Å²) >= 11 is 0. The number of nitrogens with two attached hydrogens (primary N) is 1. The molecule has 0 heterocycles. The second-order valence-electron chi connectivity index (χ2n) is 5.18. The molecule has 1 saturated carbocycles. The van der Waals surface area contributed by atoms with Crippen LogP contribution in [0.25, 0.3) is 0 Å². The van der Waals surface area contributed by atoms with Crippen molar-refractivity contribution < 1.29 is 17.9 Å². The Morgan fingerprint density at radius 2 is 2.10 bits per heavy atom. The summed E-state index contributed by atoms with van der Waals surface area (Å²) in [6, 6.07) is 3.93. The molecule has 1 aliphatic carbocycles. The van der Waals surface area contributed by atoms with Gasteiger partial charge in [-0.1, -0.05) is 0 Å². The lowest BCUT2D eigenvalue weighted by Gasteiger charge is -2.17. The van der Waals surface area contributed by atoms with Crippen molar-refractivity contribution in [3.8, 4) is 5.75 Å². The Balaban J connectivity index is 2.03. The van der Waals surface area contributed by atoms with Gasteiger partial charge in [0.15, 0.2) is 0 Å². The van der Waals surface area contributed by atoms with Gasteiger partial charge in [0.1, 0.15) is 18.2 Å². The zero-order chi connectivity index (χ0) is 15.6. The second kappa shape index (κ2) is 5.93. The molecule has 0 amide bonds. The van der Waals surface area contributed by atoms with Crippen LogP contribution in [0.15, 0.2) is 18.2 Å². The van der Waals surface area contributed by atoms with Gasteiger partial charge in [0.2, 0.25) is 0 Å². The van der Waals surface area contributed by atoms with Crippen molar-refractivity contribution in [2.45, 2.75) is 25.1 Å². The maximum atomic E-state index is 12.8. The Bertz CT molecular complexity index is 527. The summed E-state index contributed by atoms with van der Waals surface area (Å²) in [5, 5.41) is 7.28. The van der Waals surface area contributed by atoms with E-state index >= 15 is 0 Å². The molecular weight excluding hydrogens is 283 g/mol. The van der Waals surface area contributed by atoms with Crippen molar-refractivity contribution in [1.82, 2.24) is 4.90 Å². The normalized spacial score (nSPS) is 15.3. The summed E-state index contributed by atoms with van der Waals surface area (Å²) in [5.74, 6) is -0.333. The molecule has 1 aromatic carbocycles. The first-order chi connectivity index (χ1) is 9.79. The van der Waals surface area contributed by atoms with Gasteiger partial charge in [0.25, 0.3) is 0 Å². The zero-order valence-electron chi connectivity index (χ0n) is 11.7. The van der Waals surface area contributed by atoms with Gasteiger partial charge >= 0.3 is 6.18 Å². The third kappa shape index (κ3) is 4.10. The largest absolute Gasteiger partial charge is 0.492 e. The van der Waals surface area contributed by atoms with Gasteiger partial charge in [-0.25, -0.2) is 0 Å². The minimum absolute atomic E-state index is 0.289. The van der Waals surface area contributed by atoms with Gasteiger partial charge in [-0.15, -0.1) is 0 Å². The molecule has 4 nitrogen and oxygen atoms in total. The van der Waals surface area contributed by atoms with E-state index in [9.17, 15) is 13.2 Å². The van der Waals surface area contributed by atoms with Crippen LogP contribution >= 0.6 is 0 Å². The molecule has 0 bridgehead atoms. The number of ether oxygens (including phenoxy) is 1. The highest BCUT2D eigenvalue weighted by molar-refractivity contribution is 5.97. The van der Waals surface area contributed by atoms with Gasteiger partial charge < -0.3 is 15.4 Å². The van der Waals surface area contributed by atoms with E-state index in [1.54, 1.807) is 0 Å². The number of benzene rings is 1. The first-order valence-electron chi connectivity index (χ1n) is 6.67. The highest BCUT2D eigenvalue weighted by atomic mass is 19.4. The van der Waals surface area contributed by atoms with E-state index in [-0.39, 0.29) is 11.3 Å². The number of amidine groups is 1. The van der Waals surface area contributed by atoms with Crippen LogP contribution in [-0.2, 0) is 6.18 Å². The second-order valence-corrected chi connectivity index (χ2v) is 5.18. The van der Waals surface area contributed by atoms with E-state index in [1.807, 2.05) is 7.05 Å². The van der Waals surface area contributed by atoms with Gasteiger partial charge in [0, 0.05) is 18.2 Å². The number of alkyl halides is 3. The van der Waals surface area contributed by atoms with Gasteiger partial charge in [-0.2, -0.15) is 13.2 Å². The minimum atomic E-state index is -4.54. The summed E-state index contributed by atoms with van der Waals surface area (Å²) in [6.45, 7) is 1.09. The average Bonchev–Trinajstić information content (AvgIpc) is 3.21. The van der Waals surface area contributed by atoms with E-state index < -0.39 is 17.6 Å². The average molecular weight is 301 g/mol. The molecular formula is C14H18F3N3O. The van der Waals surface area contributed by atoms with Crippen LogP contribution in [-0.4, -0.2) is 37.0 Å². The number of hydrogen-bond acceptors (Lipinski definition) is 3. The first-order valence-corrected chi connectivity index (χ1v) is 6.67. The number of hydrogen-bond donors (Lipinski definition) is 2. The molecule has 1 fully saturated rings. The van der Waals surface area contributed by atoms with Crippen LogP contribution in [0.4, 0.5) is 13.2 Å². The predicted octanol–water partition coefficient (Wildman–Crippen LogP) is 2.46. The van der Waals surface area contributed by atoms with Crippen LogP contribution in [0.2, 0.25) is 0 Å². The Morgan fingerprint density at radius 3 is 2.62 bits per heavy atom. The van der Waals surface area contributed by atoms with Crippen LogP contribution in [0.1, 0.15) is 24.0 Å². The quantitative estimate of drug-likeness (QED) is 0.627. The van der Waals surface area contributed by atoms with Gasteiger partial charge in [-0.05, 0) is 38.1 Å². The predicted molar refractivity (Wildman–Crippen MR) is 73.6 cm³/mol. The Labute approximate surface area is 121 Å². The summed E-state index contributed by atoms with van der Waals surface area (Å²) in [4.78, 5) is 2.16. The van der Waals surface area contributed by atoms with Crippen molar-refractivity contribution in [2.75, 3.05) is 20.2 Å². The smallest absolute Gasteiger partial charge is 0.417 e. The minimum Gasteiger partial charge on any atom is -0.492 e. The fourth-order valence-corrected chi connectivity index (χ4v) is 2.09. The van der Waals surface area contributed by atoms with Crippen LogP contribution < -0.4 is 10.5 Å². The lowest BCUT2D eigenvalue weighted by Crippen LogP contribution is -2.26. The Kier molecular flexibility index (Phi) is 4.41. The molecule has 0 saturated heterocycles. The molecule has 7 heteroatoms. The summed E-state index contributed by atoms with van der Waals surface area (Å²) in [7, 11) is 1.99. The molecule has 2 rings (SSSR count). The molecule has 0 spiro atoms. The van der Waals surface area contributed by atoms with Crippen molar-refractivity contribution in [3.05, 3.63) is 29.3 Å². The van der Waals surface area contributed by atoms with Crippen LogP contribution in [0.5, 0.6) is 5.75 Å². The fraction of sp³-hybridized carbons (Fsp3) is 0.500. The monoisotopic (exact) mass is 301 g/mol. The van der Waals surface area contributed by atoms with E-state index in [1.165, 1.54) is 25.0 Å². The number of nitrogens with one attached hydrogen (secondary N) is 1. The molecule has 0 radical (unpaired) electrons. The SMILES string of the molecule is CN(CCOc1ccc(C(F)(F)F)c(C(=N)N)c1)C1CC1. The fourth-order valence-electron chi connectivity index (χ4n) is 2.09. The zero-order valence-corrected chi connectivity index (χ0v) is 11.7. The molecule has 0 atom stereocenters. The Morgan fingerprint density at radius 1 is 1.43 bits per heavy atom. The van der Waals surface area contributed by atoms with Crippen LogP contribution in [0.3, 0.4) is 0 Å². The van der Waals surface area contributed by atoms with E-state index in [0.717, 1.165) is 6.07 Å². The Hall–Kier alpha value is -1.76. The lowest BCUT2D eigenvalue weighted by molar-refractivity contribution is -0.137. The molecule has 116 valence electrons. The molecule has 0 aliphatic heterocycles. The summed E-state index contributed by atoms with van der Waals surface area (Å²) in [6.07, 6.45) is -2.16. The van der Waals surface area contributed by atoms with Gasteiger partial charge in [-0.3, -0.25) is 5.41 Å². The topological polar surface area (TPSA) is 62.3 Å². The van der Waals surface area contributed by atoms with E-state index in [0.29, 0.717) is 19.2 Å². The molecule has 1 aromatic rings. The summed E-state index contributed by atoms with van der Waals surface area (Å²) < 4.78 is 43.8. The number of rotatable bonds is 6. The van der Waals surface area contributed by atoms with E-state index in [2.05, 4.69) is 4.90 Å². The maximum Gasteiger partial charge on any atom is 0.417 e. The summed E-state index contributed by atoms with van der Waals surface area (Å²) in [5.41, 5.74) is 3.95.